The summed E-state index contributed by atoms with van der Waals surface area (Å²) >= 11 is 1.24. The quantitative estimate of drug-likeness (QED) is 0.876. The molecule has 2 aromatic rings. The number of aryl methyl sites for hydroxylation is 1. The molecule has 8 heteroatoms. The number of amides is 1. The topological polar surface area (TPSA) is 62.2 Å². The van der Waals surface area contributed by atoms with Crippen molar-refractivity contribution in [2.24, 2.45) is 0 Å². The van der Waals surface area contributed by atoms with Gasteiger partial charge in [-0.25, -0.2) is 4.98 Å². The second-order valence-corrected chi connectivity index (χ2v) is 5.94. The number of hydrogen-bond donors (Lipinski definition) is 2. The van der Waals surface area contributed by atoms with E-state index in [-0.39, 0.29) is 12.1 Å². The van der Waals surface area contributed by atoms with Gasteiger partial charge in [0.2, 0.25) is 0 Å². The summed E-state index contributed by atoms with van der Waals surface area (Å²) < 4.78 is 37.9. The fraction of sp³-hybridized carbons (Fsp3) is 0.333. The smallest absolute Gasteiger partial charge is 0.387 e. The van der Waals surface area contributed by atoms with Crippen molar-refractivity contribution in [2.75, 3.05) is 6.54 Å². The molecule has 0 saturated carbocycles. The van der Waals surface area contributed by atoms with Crippen LogP contribution in [0.1, 0.15) is 38.8 Å². The van der Waals surface area contributed by atoms with E-state index in [1.807, 2.05) is 6.92 Å². The van der Waals surface area contributed by atoms with Gasteiger partial charge in [0.1, 0.15) is 4.88 Å². The Morgan fingerprint density at radius 2 is 2.17 bits per heavy atom. The number of aromatic nitrogens is 1. The van der Waals surface area contributed by atoms with Crippen molar-refractivity contribution in [2.45, 2.75) is 25.6 Å². The van der Waals surface area contributed by atoms with Crippen LogP contribution in [0.4, 0.5) is 13.2 Å². The van der Waals surface area contributed by atoms with Crippen molar-refractivity contribution >= 4 is 17.2 Å². The lowest BCUT2D eigenvalue weighted by molar-refractivity contribution is -0.137. The van der Waals surface area contributed by atoms with E-state index in [1.165, 1.54) is 29.7 Å². The van der Waals surface area contributed by atoms with Crippen LogP contribution in [-0.2, 0) is 12.6 Å². The lowest BCUT2D eigenvalue weighted by Gasteiger charge is -2.14. The normalized spacial score (nSPS) is 12.9. The van der Waals surface area contributed by atoms with Crippen molar-refractivity contribution in [3.05, 3.63) is 51.5 Å². The highest BCUT2D eigenvalue weighted by molar-refractivity contribution is 7.13. The Hall–Kier alpha value is -1.93. The van der Waals surface area contributed by atoms with Gasteiger partial charge in [-0.1, -0.05) is 19.1 Å². The third-order valence-electron chi connectivity index (χ3n) is 3.13. The van der Waals surface area contributed by atoms with Crippen LogP contribution in [0.5, 0.6) is 0 Å². The largest absolute Gasteiger partial charge is 0.416 e. The van der Waals surface area contributed by atoms with Crippen LogP contribution in [0, 0.1) is 0 Å². The van der Waals surface area contributed by atoms with Crippen LogP contribution < -0.4 is 5.32 Å². The predicted molar refractivity (Wildman–Crippen MR) is 80.2 cm³/mol. The fourth-order valence-electron chi connectivity index (χ4n) is 1.90. The van der Waals surface area contributed by atoms with Gasteiger partial charge in [-0.05, 0) is 24.1 Å². The number of rotatable bonds is 5. The molecule has 4 nitrogen and oxygen atoms in total. The predicted octanol–water partition coefficient (Wildman–Crippen LogP) is 3.19. The summed E-state index contributed by atoms with van der Waals surface area (Å²) in [4.78, 5) is 16.4. The van der Waals surface area contributed by atoms with Crippen LogP contribution in [0.15, 0.2) is 30.5 Å². The molecule has 0 fully saturated rings. The van der Waals surface area contributed by atoms with Crippen molar-refractivity contribution in [3.63, 3.8) is 0 Å². The molecule has 0 bridgehead atoms. The zero-order chi connectivity index (χ0) is 17.0. The lowest BCUT2D eigenvalue weighted by Crippen LogP contribution is -2.27. The summed E-state index contributed by atoms with van der Waals surface area (Å²) in [6.07, 6.45) is -3.54. The summed E-state index contributed by atoms with van der Waals surface area (Å²) in [6, 6.07) is 4.41. The van der Waals surface area contributed by atoms with Gasteiger partial charge in [0.15, 0.2) is 0 Å². The molecule has 2 rings (SSSR count). The molecule has 1 atom stereocenters. The summed E-state index contributed by atoms with van der Waals surface area (Å²) in [5, 5.41) is 13.3. The Kier molecular flexibility index (Phi) is 5.38. The number of hydrogen-bond acceptors (Lipinski definition) is 4. The number of carbonyl (C=O) groups is 1. The Morgan fingerprint density at radius 3 is 2.78 bits per heavy atom. The van der Waals surface area contributed by atoms with E-state index in [0.717, 1.165) is 17.1 Å². The SMILES string of the molecule is CCc1ncc(C(=O)NCC(O)c2cccc(C(F)(F)F)c2)s1. The van der Waals surface area contributed by atoms with Gasteiger partial charge in [-0.2, -0.15) is 13.2 Å². The summed E-state index contributed by atoms with van der Waals surface area (Å²) in [6.45, 7) is 1.73. The highest BCUT2D eigenvalue weighted by Crippen LogP contribution is 2.30. The van der Waals surface area contributed by atoms with Gasteiger partial charge in [0.05, 0.1) is 22.9 Å². The second kappa shape index (κ2) is 7.10. The molecule has 0 aliphatic heterocycles. The number of carbonyl (C=O) groups excluding carboxylic acids is 1. The molecule has 2 N–H and O–H groups in total. The zero-order valence-corrected chi connectivity index (χ0v) is 13.0. The maximum absolute atomic E-state index is 12.6. The van der Waals surface area contributed by atoms with Gasteiger partial charge in [0, 0.05) is 6.54 Å². The maximum Gasteiger partial charge on any atom is 0.416 e. The van der Waals surface area contributed by atoms with E-state index >= 15 is 0 Å². The second-order valence-electron chi connectivity index (χ2n) is 4.82. The molecule has 0 aliphatic rings. The number of alkyl halides is 3. The van der Waals surface area contributed by atoms with Crippen molar-refractivity contribution in [3.8, 4) is 0 Å². The summed E-state index contributed by atoms with van der Waals surface area (Å²) in [5.74, 6) is -0.409. The standard InChI is InChI=1S/C15H15F3N2O2S/c1-2-13-19-8-12(23-13)14(22)20-7-11(21)9-4-3-5-10(6-9)15(16,17)18/h3-6,8,11,21H,2,7H2,1H3,(H,20,22). The van der Waals surface area contributed by atoms with Gasteiger partial charge in [-0.3, -0.25) is 4.79 Å². The minimum absolute atomic E-state index is 0.0960. The molecule has 0 radical (unpaired) electrons. The first-order chi connectivity index (χ1) is 10.8. The molecular weight excluding hydrogens is 329 g/mol. The van der Waals surface area contributed by atoms with Gasteiger partial charge >= 0.3 is 6.18 Å². The molecule has 1 amide bonds. The first-order valence-corrected chi connectivity index (χ1v) is 7.71. The zero-order valence-electron chi connectivity index (χ0n) is 12.2. The third kappa shape index (κ3) is 4.52. The van der Waals surface area contributed by atoms with Gasteiger partial charge < -0.3 is 10.4 Å². The molecule has 1 heterocycles. The van der Waals surface area contributed by atoms with E-state index < -0.39 is 23.8 Å². The molecular formula is C15H15F3N2O2S. The van der Waals surface area contributed by atoms with E-state index in [0.29, 0.717) is 11.3 Å². The molecule has 1 aromatic carbocycles. The van der Waals surface area contributed by atoms with Gasteiger partial charge in [-0.15, -0.1) is 11.3 Å². The van der Waals surface area contributed by atoms with Crippen LogP contribution in [0.2, 0.25) is 0 Å². The average Bonchev–Trinajstić information content (AvgIpc) is 3.00. The Morgan fingerprint density at radius 1 is 1.43 bits per heavy atom. The number of halogens is 3. The Balaban J connectivity index is 1.99. The lowest BCUT2D eigenvalue weighted by atomic mass is 10.1. The monoisotopic (exact) mass is 344 g/mol. The molecule has 1 aromatic heterocycles. The number of benzene rings is 1. The highest BCUT2D eigenvalue weighted by atomic mass is 32.1. The molecule has 1 unspecified atom stereocenters. The minimum Gasteiger partial charge on any atom is -0.387 e. The Labute approximate surface area is 135 Å². The van der Waals surface area contributed by atoms with Crippen LogP contribution in [0.25, 0.3) is 0 Å². The number of nitrogens with one attached hydrogen (secondary N) is 1. The average molecular weight is 344 g/mol. The van der Waals surface area contributed by atoms with E-state index in [4.69, 9.17) is 0 Å². The molecule has 23 heavy (non-hydrogen) atoms. The number of thiazole rings is 1. The number of nitrogens with zero attached hydrogens (tertiary/aromatic N) is 1. The van der Waals surface area contributed by atoms with Crippen LogP contribution >= 0.6 is 11.3 Å². The highest BCUT2D eigenvalue weighted by Gasteiger charge is 2.30. The van der Waals surface area contributed by atoms with Crippen LogP contribution in [0.3, 0.4) is 0 Å². The first kappa shape index (κ1) is 17.4. The molecule has 0 aliphatic carbocycles. The fourth-order valence-corrected chi connectivity index (χ4v) is 2.67. The number of aliphatic hydroxyl groups is 1. The van der Waals surface area contributed by atoms with E-state index in [9.17, 15) is 23.1 Å². The molecule has 0 spiro atoms. The maximum atomic E-state index is 12.6. The van der Waals surface area contributed by atoms with E-state index in [2.05, 4.69) is 10.3 Å². The molecule has 124 valence electrons. The Bertz CT molecular complexity index is 685. The van der Waals surface area contributed by atoms with Crippen molar-refractivity contribution in [1.82, 2.24) is 10.3 Å². The van der Waals surface area contributed by atoms with Crippen molar-refractivity contribution < 1.29 is 23.1 Å². The minimum atomic E-state index is -4.47. The third-order valence-corrected chi connectivity index (χ3v) is 4.27. The summed E-state index contributed by atoms with van der Waals surface area (Å²) in [7, 11) is 0. The first-order valence-electron chi connectivity index (χ1n) is 6.89. The number of aliphatic hydroxyl groups excluding tert-OH is 1. The summed E-state index contributed by atoms with van der Waals surface area (Å²) in [5.41, 5.74) is -0.742. The molecule has 0 saturated heterocycles. The van der Waals surface area contributed by atoms with E-state index in [1.54, 1.807) is 0 Å². The van der Waals surface area contributed by atoms with Crippen molar-refractivity contribution in [1.29, 1.82) is 0 Å². The van der Waals surface area contributed by atoms with Crippen LogP contribution in [-0.4, -0.2) is 22.5 Å². The van der Waals surface area contributed by atoms with Gasteiger partial charge in [0.25, 0.3) is 5.91 Å².